The van der Waals surface area contributed by atoms with E-state index in [0.717, 1.165) is 12.5 Å². The van der Waals surface area contributed by atoms with Gasteiger partial charge in [0.1, 0.15) is 0 Å². The van der Waals surface area contributed by atoms with E-state index < -0.39 is 0 Å². The third-order valence-electron chi connectivity index (χ3n) is 4.40. The normalized spacial score (nSPS) is 16.9. The van der Waals surface area contributed by atoms with Gasteiger partial charge >= 0.3 is 0 Å². The third-order valence-corrected chi connectivity index (χ3v) is 4.40. The van der Waals surface area contributed by atoms with Gasteiger partial charge in [-0.05, 0) is 76.8 Å². The molecule has 0 bridgehead atoms. The number of aryl methyl sites for hydroxylation is 2. The molecule has 1 N–H and O–H groups in total. The SMILES string of the molecule is CNCCC1CCN(Cc2ccc(C)cc2C)CC1.Cl. The van der Waals surface area contributed by atoms with Crippen LogP contribution in [0.4, 0.5) is 0 Å². The molecule has 0 aliphatic carbocycles. The number of benzene rings is 1. The van der Waals surface area contributed by atoms with Gasteiger partial charge in [0.05, 0.1) is 0 Å². The highest BCUT2D eigenvalue weighted by Gasteiger charge is 2.19. The summed E-state index contributed by atoms with van der Waals surface area (Å²) in [4.78, 5) is 2.62. The lowest BCUT2D eigenvalue weighted by molar-refractivity contribution is 0.172. The minimum absolute atomic E-state index is 0. The van der Waals surface area contributed by atoms with Crippen molar-refractivity contribution in [3.05, 3.63) is 34.9 Å². The molecule has 0 atom stereocenters. The van der Waals surface area contributed by atoms with E-state index in [0.29, 0.717) is 0 Å². The van der Waals surface area contributed by atoms with Gasteiger partial charge in [-0.25, -0.2) is 0 Å². The van der Waals surface area contributed by atoms with Crippen molar-refractivity contribution >= 4 is 12.4 Å². The number of likely N-dealkylation sites (tertiary alicyclic amines) is 1. The Labute approximate surface area is 130 Å². The first-order valence-corrected chi connectivity index (χ1v) is 7.62. The predicted molar refractivity (Wildman–Crippen MR) is 89.7 cm³/mol. The van der Waals surface area contributed by atoms with Gasteiger partial charge in [0.2, 0.25) is 0 Å². The minimum atomic E-state index is 0. The first-order valence-electron chi connectivity index (χ1n) is 7.62. The van der Waals surface area contributed by atoms with Crippen molar-refractivity contribution in [2.75, 3.05) is 26.7 Å². The Morgan fingerprint density at radius 3 is 2.50 bits per heavy atom. The Balaban J connectivity index is 0.00000200. The van der Waals surface area contributed by atoms with Crippen LogP contribution in [0.25, 0.3) is 0 Å². The molecule has 1 aromatic carbocycles. The van der Waals surface area contributed by atoms with Crippen molar-refractivity contribution < 1.29 is 0 Å². The minimum Gasteiger partial charge on any atom is -0.320 e. The lowest BCUT2D eigenvalue weighted by Gasteiger charge is -2.32. The number of rotatable bonds is 5. The predicted octanol–water partition coefficient (Wildman–Crippen LogP) is 3.55. The number of hydrogen-bond acceptors (Lipinski definition) is 2. The molecule has 2 nitrogen and oxygen atoms in total. The number of nitrogens with one attached hydrogen (secondary N) is 1. The largest absolute Gasteiger partial charge is 0.320 e. The van der Waals surface area contributed by atoms with Crippen molar-refractivity contribution in [2.45, 2.75) is 39.7 Å². The van der Waals surface area contributed by atoms with Crippen LogP contribution in [0.5, 0.6) is 0 Å². The van der Waals surface area contributed by atoms with Gasteiger partial charge in [-0.1, -0.05) is 23.8 Å². The first kappa shape index (κ1) is 17.5. The standard InChI is InChI=1S/C17H28N2.ClH/c1-14-4-5-17(15(2)12-14)13-19-10-7-16(8-11-19)6-9-18-3;/h4-5,12,16,18H,6-11,13H2,1-3H3;1H. The Morgan fingerprint density at radius 1 is 1.20 bits per heavy atom. The molecular weight excluding hydrogens is 268 g/mol. The maximum absolute atomic E-state index is 3.27. The molecule has 1 fully saturated rings. The molecule has 1 aliphatic heterocycles. The summed E-state index contributed by atoms with van der Waals surface area (Å²) >= 11 is 0. The Hall–Kier alpha value is -0.570. The maximum Gasteiger partial charge on any atom is 0.0236 e. The van der Waals surface area contributed by atoms with Gasteiger partial charge in [-0.2, -0.15) is 0 Å². The van der Waals surface area contributed by atoms with Gasteiger partial charge in [0.15, 0.2) is 0 Å². The van der Waals surface area contributed by atoms with Crippen LogP contribution in [0, 0.1) is 19.8 Å². The molecule has 1 aliphatic rings. The van der Waals surface area contributed by atoms with Crippen LogP contribution in [0.15, 0.2) is 18.2 Å². The summed E-state index contributed by atoms with van der Waals surface area (Å²) in [6.45, 7) is 9.24. The monoisotopic (exact) mass is 296 g/mol. The van der Waals surface area contributed by atoms with Gasteiger partial charge in [0, 0.05) is 6.54 Å². The number of piperidine rings is 1. The molecule has 0 amide bonds. The van der Waals surface area contributed by atoms with E-state index in [1.165, 1.54) is 55.6 Å². The molecule has 20 heavy (non-hydrogen) atoms. The molecule has 1 heterocycles. The summed E-state index contributed by atoms with van der Waals surface area (Å²) in [6, 6.07) is 6.84. The second-order valence-electron chi connectivity index (χ2n) is 6.04. The molecule has 114 valence electrons. The Kier molecular flexibility index (Phi) is 7.57. The molecule has 1 aromatic rings. The fourth-order valence-corrected chi connectivity index (χ4v) is 3.05. The third kappa shape index (κ3) is 5.08. The van der Waals surface area contributed by atoms with Crippen molar-refractivity contribution in [3.8, 4) is 0 Å². The molecule has 0 radical (unpaired) electrons. The fraction of sp³-hybridized carbons (Fsp3) is 0.647. The summed E-state index contributed by atoms with van der Waals surface area (Å²) in [5, 5.41) is 3.27. The van der Waals surface area contributed by atoms with Crippen molar-refractivity contribution in [1.29, 1.82) is 0 Å². The highest BCUT2D eigenvalue weighted by Crippen LogP contribution is 2.22. The topological polar surface area (TPSA) is 15.3 Å². The van der Waals surface area contributed by atoms with E-state index in [1.54, 1.807) is 0 Å². The van der Waals surface area contributed by atoms with Crippen LogP contribution < -0.4 is 5.32 Å². The molecule has 3 heteroatoms. The van der Waals surface area contributed by atoms with Crippen LogP contribution in [0.2, 0.25) is 0 Å². The lowest BCUT2D eigenvalue weighted by Crippen LogP contribution is -2.34. The number of nitrogens with zero attached hydrogens (tertiary/aromatic N) is 1. The number of hydrogen-bond donors (Lipinski definition) is 1. The van der Waals surface area contributed by atoms with Crippen molar-refractivity contribution in [1.82, 2.24) is 10.2 Å². The van der Waals surface area contributed by atoms with E-state index in [2.05, 4.69) is 49.3 Å². The van der Waals surface area contributed by atoms with Gasteiger partial charge in [-0.15, -0.1) is 12.4 Å². The van der Waals surface area contributed by atoms with E-state index in [-0.39, 0.29) is 12.4 Å². The summed E-state index contributed by atoms with van der Waals surface area (Å²) in [5.41, 5.74) is 4.31. The van der Waals surface area contributed by atoms with Gasteiger partial charge < -0.3 is 5.32 Å². The number of halogens is 1. The molecule has 1 saturated heterocycles. The smallest absolute Gasteiger partial charge is 0.0236 e. The highest BCUT2D eigenvalue weighted by atomic mass is 35.5. The van der Waals surface area contributed by atoms with E-state index in [1.807, 2.05) is 0 Å². The summed E-state index contributed by atoms with van der Waals surface area (Å²) in [6.07, 6.45) is 4.08. The van der Waals surface area contributed by atoms with Crippen LogP contribution in [-0.2, 0) is 6.54 Å². The average Bonchev–Trinajstić information content (AvgIpc) is 2.41. The Bertz CT molecular complexity index is 398. The Morgan fingerprint density at radius 2 is 1.90 bits per heavy atom. The highest BCUT2D eigenvalue weighted by molar-refractivity contribution is 5.85. The second kappa shape index (κ2) is 8.66. The molecule has 2 rings (SSSR count). The molecule has 0 aromatic heterocycles. The first-order chi connectivity index (χ1) is 9.19. The average molecular weight is 297 g/mol. The zero-order chi connectivity index (χ0) is 13.7. The zero-order valence-corrected chi connectivity index (χ0v) is 13.9. The maximum atomic E-state index is 3.27. The van der Waals surface area contributed by atoms with E-state index >= 15 is 0 Å². The molecule has 0 spiro atoms. The second-order valence-corrected chi connectivity index (χ2v) is 6.04. The molecular formula is C17H29ClN2. The summed E-state index contributed by atoms with van der Waals surface area (Å²) in [7, 11) is 2.05. The van der Waals surface area contributed by atoms with E-state index in [9.17, 15) is 0 Å². The molecule has 0 saturated carbocycles. The van der Waals surface area contributed by atoms with Crippen molar-refractivity contribution in [2.24, 2.45) is 5.92 Å². The zero-order valence-electron chi connectivity index (χ0n) is 13.1. The molecule has 0 unspecified atom stereocenters. The van der Waals surface area contributed by atoms with Gasteiger partial charge in [-0.3, -0.25) is 4.90 Å². The summed E-state index contributed by atoms with van der Waals surface area (Å²) in [5.74, 6) is 0.933. The van der Waals surface area contributed by atoms with Crippen LogP contribution in [0.1, 0.15) is 36.0 Å². The summed E-state index contributed by atoms with van der Waals surface area (Å²) < 4.78 is 0. The quantitative estimate of drug-likeness (QED) is 0.894. The van der Waals surface area contributed by atoms with Crippen LogP contribution >= 0.6 is 12.4 Å². The lowest BCUT2D eigenvalue weighted by atomic mass is 9.93. The van der Waals surface area contributed by atoms with Crippen molar-refractivity contribution in [3.63, 3.8) is 0 Å². The van der Waals surface area contributed by atoms with E-state index in [4.69, 9.17) is 0 Å². The van der Waals surface area contributed by atoms with Gasteiger partial charge in [0.25, 0.3) is 0 Å². The van der Waals surface area contributed by atoms with Crippen LogP contribution in [0.3, 0.4) is 0 Å². The van der Waals surface area contributed by atoms with Crippen LogP contribution in [-0.4, -0.2) is 31.6 Å². The fourth-order valence-electron chi connectivity index (χ4n) is 3.05.